The predicted molar refractivity (Wildman–Crippen MR) is 73.1 cm³/mol. The van der Waals surface area contributed by atoms with Crippen LogP contribution < -0.4 is 10.7 Å². The van der Waals surface area contributed by atoms with Crippen molar-refractivity contribution in [1.82, 2.24) is 4.98 Å². The molecule has 2 heterocycles. The van der Waals surface area contributed by atoms with Crippen LogP contribution in [0.25, 0.3) is 0 Å². The smallest absolute Gasteiger partial charge is 0.342 e. The molecule has 1 aliphatic heterocycles. The minimum absolute atomic E-state index is 0.0925. The number of benzene rings is 1. The third-order valence-corrected chi connectivity index (χ3v) is 3.19. The number of H-pyrrole nitrogens is 1. The molecule has 0 spiro atoms. The molecule has 0 aliphatic carbocycles. The Morgan fingerprint density at radius 2 is 2.05 bits per heavy atom. The maximum Gasteiger partial charge on any atom is 0.419 e. The van der Waals surface area contributed by atoms with Gasteiger partial charge in [-0.2, -0.15) is 0 Å². The van der Waals surface area contributed by atoms with Gasteiger partial charge in [0.05, 0.1) is 0 Å². The molecule has 1 aliphatic rings. The molecule has 2 N–H and O–H groups in total. The lowest BCUT2D eigenvalue weighted by atomic mass is 10.1. The highest BCUT2D eigenvalue weighted by molar-refractivity contribution is 6.07. The molecule has 0 saturated heterocycles. The van der Waals surface area contributed by atoms with Gasteiger partial charge < -0.3 is 4.98 Å². The van der Waals surface area contributed by atoms with Crippen molar-refractivity contribution >= 4 is 17.3 Å². The Morgan fingerprint density at radius 1 is 1.21 bits per heavy atom. The summed E-state index contributed by atoms with van der Waals surface area (Å²) in [6, 6.07) is 7.48. The van der Waals surface area contributed by atoms with Gasteiger partial charge in [0.15, 0.2) is 5.56 Å². The fourth-order valence-electron chi connectivity index (χ4n) is 1.97. The van der Waals surface area contributed by atoms with Crippen molar-refractivity contribution < 1.29 is 4.79 Å². The van der Waals surface area contributed by atoms with Crippen molar-refractivity contribution in [3.63, 3.8) is 0 Å². The van der Waals surface area contributed by atoms with Crippen molar-refractivity contribution in [2.24, 2.45) is 5.11 Å². The molecule has 5 nitrogen and oxygen atoms in total. The number of hydrogen-bond donors (Lipinski definition) is 2. The van der Waals surface area contributed by atoms with E-state index in [9.17, 15) is 4.79 Å². The van der Waals surface area contributed by atoms with Crippen LogP contribution in [0.15, 0.2) is 40.4 Å². The van der Waals surface area contributed by atoms with Crippen LogP contribution in [0.2, 0.25) is 0 Å². The number of nitrogens with zero attached hydrogens (tertiary/aromatic N) is 2. The van der Waals surface area contributed by atoms with Crippen LogP contribution in [0.4, 0.5) is 11.5 Å². The Kier molecular flexibility index (Phi) is 2.54. The highest BCUT2D eigenvalue weighted by Crippen LogP contribution is 2.18. The van der Waals surface area contributed by atoms with Gasteiger partial charge in [-0.1, -0.05) is 10.9 Å². The van der Waals surface area contributed by atoms with Crippen molar-refractivity contribution in [3.05, 3.63) is 57.4 Å². The topological polar surface area (TPSA) is 71.3 Å². The van der Waals surface area contributed by atoms with Gasteiger partial charge in [0.25, 0.3) is 0 Å². The highest BCUT2D eigenvalue weighted by atomic mass is 16.1. The third kappa shape index (κ3) is 1.96. The molecule has 1 aromatic carbocycles. The molecule has 0 bridgehead atoms. The number of hydrogen-bond acceptors (Lipinski definition) is 3. The van der Waals surface area contributed by atoms with Gasteiger partial charge >= 0.3 is 5.84 Å². The Morgan fingerprint density at radius 3 is 2.84 bits per heavy atom. The van der Waals surface area contributed by atoms with E-state index in [4.69, 9.17) is 0 Å². The van der Waals surface area contributed by atoms with Crippen molar-refractivity contribution in [1.29, 1.82) is 0 Å². The minimum Gasteiger partial charge on any atom is -0.342 e. The van der Waals surface area contributed by atoms with E-state index in [-0.39, 0.29) is 5.43 Å². The molecule has 0 amide bonds. The lowest BCUT2D eigenvalue weighted by Crippen LogP contribution is -2.21. The van der Waals surface area contributed by atoms with Crippen LogP contribution in [0.3, 0.4) is 0 Å². The zero-order valence-electron chi connectivity index (χ0n) is 10.7. The van der Waals surface area contributed by atoms with Gasteiger partial charge in [-0.05, 0) is 37.1 Å². The van der Waals surface area contributed by atoms with E-state index in [2.05, 4.69) is 27.1 Å². The van der Waals surface area contributed by atoms with Gasteiger partial charge in [-0.3, -0.25) is 4.79 Å². The van der Waals surface area contributed by atoms with E-state index in [0.29, 0.717) is 17.2 Å². The number of aromatic amines is 1. The number of pyridine rings is 1. The summed E-state index contributed by atoms with van der Waals surface area (Å²) in [5.74, 6) is 0.985. The second-order valence-electron chi connectivity index (χ2n) is 4.54. The molecule has 0 atom stereocenters. The summed E-state index contributed by atoms with van der Waals surface area (Å²) in [6.07, 6.45) is 1.57. The summed E-state index contributed by atoms with van der Waals surface area (Å²) in [4.78, 5) is 18.7. The number of aryl methyl sites for hydroxylation is 2. The molecule has 2 aromatic rings. The predicted octanol–water partition coefficient (Wildman–Crippen LogP) is 2.16. The van der Waals surface area contributed by atoms with Crippen LogP contribution in [-0.4, -0.2) is 15.6 Å². The minimum atomic E-state index is -0.0925. The first kappa shape index (κ1) is 11.4. The summed E-state index contributed by atoms with van der Waals surface area (Å²) in [5.41, 5.74) is 3.70. The molecule has 19 heavy (non-hydrogen) atoms. The molecule has 0 saturated carbocycles. The summed E-state index contributed by atoms with van der Waals surface area (Å²) in [6.45, 7) is 4.10. The normalized spacial score (nSPS) is 12.2. The van der Waals surface area contributed by atoms with E-state index in [0.717, 1.165) is 5.69 Å². The lowest BCUT2D eigenvalue weighted by Gasteiger charge is -2.01. The quantitative estimate of drug-likeness (QED) is 0.764. The molecule has 0 unspecified atom stereocenters. The summed E-state index contributed by atoms with van der Waals surface area (Å²) < 4.78 is 0. The summed E-state index contributed by atoms with van der Waals surface area (Å²) >= 11 is 0. The zero-order valence-corrected chi connectivity index (χ0v) is 10.7. The fraction of sp³-hybridized carbons (Fsp3) is 0.143. The monoisotopic (exact) mass is 253 g/mol. The van der Waals surface area contributed by atoms with E-state index in [1.54, 1.807) is 6.20 Å². The molecular formula is C14H13N4O+. The van der Waals surface area contributed by atoms with Gasteiger partial charge in [-0.25, -0.2) is 5.32 Å². The number of fused-ring (bicyclic) bond motifs is 1. The second kappa shape index (κ2) is 4.23. The van der Waals surface area contributed by atoms with E-state index < -0.39 is 0 Å². The van der Waals surface area contributed by atoms with Crippen LogP contribution in [0.5, 0.6) is 0 Å². The van der Waals surface area contributed by atoms with E-state index in [1.165, 1.54) is 17.2 Å². The maximum atomic E-state index is 11.8. The summed E-state index contributed by atoms with van der Waals surface area (Å²) in [7, 11) is 0. The second-order valence-corrected chi connectivity index (χ2v) is 4.54. The van der Waals surface area contributed by atoms with Crippen molar-refractivity contribution in [3.8, 4) is 0 Å². The summed E-state index contributed by atoms with van der Waals surface area (Å²) in [5, 5.41) is 7.09. The first-order valence-electron chi connectivity index (χ1n) is 6.00. The first-order valence-corrected chi connectivity index (χ1v) is 6.00. The maximum absolute atomic E-state index is 11.8. The fourth-order valence-corrected chi connectivity index (χ4v) is 1.97. The van der Waals surface area contributed by atoms with Gasteiger partial charge in [-0.15, -0.1) is 0 Å². The number of nitrogens with one attached hydrogen (secondary N) is 2. The average molecular weight is 253 g/mol. The first-order chi connectivity index (χ1) is 9.15. The van der Waals surface area contributed by atoms with Gasteiger partial charge in [0.2, 0.25) is 11.2 Å². The Bertz CT molecular complexity index is 782. The Labute approximate surface area is 109 Å². The lowest BCUT2D eigenvalue weighted by molar-refractivity contribution is -0.0710. The van der Waals surface area contributed by atoms with Crippen LogP contribution >= 0.6 is 0 Å². The Balaban J connectivity index is 1.97. The largest absolute Gasteiger partial charge is 0.419 e. The van der Waals surface area contributed by atoms with E-state index in [1.807, 2.05) is 25.1 Å². The molecule has 94 valence electrons. The van der Waals surface area contributed by atoms with Gasteiger partial charge in [0.1, 0.15) is 5.69 Å². The molecule has 0 radical (unpaired) electrons. The molecular weight excluding hydrogens is 240 g/mol. The zero-order chi connectivity index (χ0) is 13.4. The highest BCUT2D eigenvalue weighted by Gasteiger charge is 2.28. The molecule has 3 rings (SSSR count). The Hall–Kier alpha value is -2.65. The van der Waals surface area contributed by atoms with Gasteiger partial charge in [0, 0.05) is 17.4 Å². The van der Waals surface area contributed by atoms with Crippen molar-refractivity contribution in [2.45, 2.75) is 13.8 Å². The number of amidine groups is 1. The number of rotatable bonds is 1. The van der Waals surface area contributed by atoms with E-state index >= 15 is 0 Å². The standard InChI is InChI=1S/C14H12N4O/c1-8-3-4-10(7-9(8)2)16-14-12-11(19)5-6-15-13(12)17-18-14/h3-7H,1-2H3,(H,15,16,19)/p+1. The number of aromatic nitrogens is 1. The van der Waals surface area contributed by atoms with Crippen LogP contribution in [0, 0.1) is 13.8 Å². The molecule has 5 heteroatoms. The van der Waals surface area contributed by atoms with Crippen LogP contribution in [-0.2, 0) is 0 Å². The number of anilines is 1. The third-order valence-electron chi connectivity index (χ3n) is 3.19. The average Bonchev–Trinajstić information content (AvgIpc) is 2.79. The molecule has 0 fully saturated rings. The molecule has 1 aromatic heterocycles. The SMILES string of the molecule is Cc1ccc(NC2=[N+]=Nc3[nH]ccc(=O)c32)cc1C. The van der Waals surface area contributed by atoms with Crippen LogP contribution in [0.1, 0.15) is 16.7 Å². The van der Waals surface area contributed by atoms with Crippen molar-refractivity contribution in [2.75, 3.05) is 5.32 Å².